The van der Waals surface area contributed by atoms with Crippen LogP contribution in [0.15, 0.2) is 18.2 Å². The molecule has 0 spiro atoms. The number of Topliss-reactive ketones (excluding diaryl/α,β-unsaturated/α-hetero) is 1. The van der Waals surface area contributed by atoms with Crippen molar-refractivity contribution in [2.24, 2.45) is 0 Å². The van der Waals surface area contributed by atoms with E-state index in [1.54, 1.807) is 12.1 Å². The van der Waals surface area contributed by atoms with E-state index in [0.717, 1.165) is 5.56 Å². The SMILES string of the molecule is [CH]CN1C(=O)C(=O)c2cc(C)ccc21. The highest BCUT2D eigenvalue weighted by atomic mass is 16.2. The van der Waals surface area contributed by atoms with E-state index < -0.39 is 11.7 Å². The molecule has 0 saturated carbocycles. The van der Waals surface area contributed by atoms with Crippen molar-refractivity contribution in [1.29, 1.82) is 0 Å². The lowest BCUT2D eigenvalue weighted by atomic mass is 10.1. The minimum Gasteiger partial charge on any atom is -0.304 e. The topological polar surface area (TPSA) is 37.4 Å². The number of fused-ring (bicyclic) bond motifs is 1. The first-order chi connectivity index (χ1) is 6.65. The third-order valence-electron chi connectivity index (χ3n) is 2.31. The fraction of sp³-hybridized carbons (Fsp3) is 0.182. The predicted molar refractivity (Wildman–Crippen MR) is 52.2 cm³/mol. The van der Waals surface area contributed by atoms with Crippen LogP contribution < -0.4 is 4.90 Å². The van der Waals surface area contributed by atoms with Gasteiger partial charge in [-0.05, 0) is 26.0 Å². The van der Waals surface area contributed by atoms with Gasteiger partial charge in [0.15, 0.2) is 0 Å². The molecule has 0 aromatic heterocycles. The van der Waals surface area contributed by atoms with Gasteiger partial charge in [-0.15, -0.1) is 0 Å². The van der Waals surface area contributed by atoms with Crippen LogP contribution in [-0.4, -0.2) is 18.2 Å². The van der Waals surface area contributed by atoms with Crippen molar-refractivity contribution in [3.05, 3.63) is 36.2 Å². The summed E-state index contributed by atoms with van der Waals surface area (Å²) in [5.41, 5.74) is 2.04. The van der Waals surface area contributed by atoms with Gasteiger partial charge in [-0.25, -0.2) is 0 Å². The Morgan fingerprint density at radius 1 is 1.36 bits per heavy atom. The molecule has 1 aromatic carbocycles. The second kappa shape index (κ2) is 2.94. The third kappa shape index (κ3) is 1.05. The number of carbonyl (C=O) groups excluding carboxylic acids is 2. The molecular formula is C11H9NO2. The number of nitrogens with zero attached hydrogens (tertiary/aromatic N) is 1. The molecule has 0 saturated heterocycles. The van der Waals surface area contributed by atoms with Crippen LogP contribution in [0.3, 0.4) is 0 Å². The largest absolute Gasteiger partial charge is 0.304 e. The molecule has 0 N–H and O–H groups in total. The van der Waals surface area contributed by atoms with Gasteiger partial charge >= 0.3 is 0 Å². The summed E-state index contributed by atoms with van der Waals surface area (Å²) < 4.78 is 0. The van der Waals surface area contributed by atoms with Crippen molar-refractivity contribution in [2.75, 3.05) is 11.4 Å². The first kappa shape index (κ1) is 8.94. The summed E-state index contributed by atoms with van der Waals surface area (Å²) in [6.45, 7) is 7.31. The van der Waals surface area contributed by atoms with Crippen LogP contribution in [0, 0.1) is 13.8 Å². The van der Waals surface area contributed by atoms with Crippen LogP contribution in [0.2, 0.25) is 0 Å². The van der Waals surface area contributed by atoms with E-state index in [0.29, 0.717) is 11.3 Å². The molecule has 0 bridgehead atoms. The zero-order chi connectivity index (χ0) is 10.3. The highest BCUT2D eigenvalue weighted by molar-refractivity contribution is 6.52. The van der Waals surface area contributed by atoms with Crippen molar-refractivity contribution in [3.63, 3.8) is 0 Å². The van der Waals surface area contributed by atoms with Crippen molar-refractivity contribution in [3.8, 4) is 0 Å². The maximum absolute atomic E-state index is 11.5. The van der Waals surface area contributed by atoms with Crippen LogP contribution in [0.4, 0.5) is 5.69 Å². The average Bonchev–Trinajstić information content (AvgIpc) is 2.41. The molecule has 0 aliphatic carbocycles. The van der Waals surface area contributed by atoms with Crippen molar-refractivity contribution in [2.45, 2.75) is 6.92 Å². The maximum atomic E-state index is 11.5. The molecule has 0 atom stereocenters. The molecular weight excluding hydrogens is 178 g/mol. The number of ketones is 1. The Bertz CT molecular complexity index is 423. The molecule has 70 valence electrons. The third-order valence-corrected chi connectivity index (χ3v) is 2.31. The number of hydrogen-bond donors (Lipinski definition) is 0. The highest BCUT2D eigenvalue weighted by Crippen LogP contribution is 2.28. The summed E-state index contributed by atoms with van der Waals surface area (Å²) in [5, 5.41) is 0. The average molecular weight is 187 g/mol. The number of aryl methyl sites for hydroxylation is 1. The maximum Gasteiger partial charge on any atom is 0.299 e. The number of carbonyl (C=O) groups is 2. The van der Waals surface area contributed by atoms with E-state index in [-0.39, 0.29) is 6.54 Å². The zero-order valence-electron chi connectivity index (χ0n) is 7.78. The smallest absolute Gasteiger partial charge is 0.299 e. The second-order valence-corrected chi connectivity index (χ2v) is 3.27. The lowest BCUT2D eigenvalue weighted by Gasteiger charge is -2.12. The molecule has 0 unspecified atom stereocenters. The number of amides is 1. The van der Waals surface area contributed by atoms with Gasteiger partial charge < -0.3 is 4.90 Å². The Kier molecular flexibility index (Phi) is 1.88. The molecule has 1 aliphatic heterocycles. The van der Waals surface area contributed by atoms with Crippen LogP contribution >= 0.6 is 0 Å². The Morgan fingerprint density at radius 2 is 2.07 bits per heavy atom. The van der Waals surface area contributed by atoms with E-state index >= 15 is 0 Å². The molecule has 14 heavy (non-hydrogen) atoms. The van der Waals surface area contributed by atoms with Crippen molar-refractivity contribution < 1.29 is 9.59 Å². The Hall–Kier alpha value is -1.64. The van der Waals surface area contributed by atoms with Crippen LogP contribution in [0.25, 0.3) is 0 Å². The molecule has 1 aromatic rings. The fourth-order valence-corrected chi connectivity index (χ4v) is 1.60. The summed E-state index contributed by atoms with van der Waals surface area (Å²) in [7, 11) is 0. The van der Waals surface area contributed by atoms with Gasteiger partial charge in [0.2, 0.25) is 0 Å². The van der Waals surface area contributed by atoms with Crippen molar-refractivity contribution >= 4 is 17.4 Å². The van der Waals surface area contributed by atoms with Gasteiger partial charge in [-0.2, -0.15) is 0 Å². The Labute approximate surface area is 82.3 Å². The van der Waals surface area contributed by atoms with E-state index in [9.17, 15) is 9.59 Å². The van der Waals surface area contributed by atoms with Gasteiger partial charge in [0.05, 0.1) is 11.3 Å². The van der Waals surface area contributed by atoms with E-state index in [4.69, 9.17) is 6.92 Å². The summed E-state index contributed by atoms with van der Waals surface area (Å²) in [6.07, 6.45) is 0. The van der Waals surface area contributed by atoms with Crippen LogP contribution in [-0.2, 0) is 4.79 Å². The zero-order valence-corrected chi connectivity index (χ0v) is 7.78. The van der Waals surface area contributed by atoms with Gasteiger partial charge in [0.25, 0.3) is 11.7 Å². The van der Waals surface area contributed by atoms with Gasteiger partial charge in [0.1, 0.15) is 0 Å². The number of benzene rings is 1. The molecule has 1 aliphatic rings. The Balaban J connectivity index is 2.61. The van der Waals surface area contributed by atoms with Crippen LogP contribution in [0.1, 0.15) is 15.9 Å². The lowest BCUT2D eigenvalue weighted by Crippen LogP contribution is -2.29. The molecule has 3 heteroatoms. The van der Waals surface area contributed by atoms with Crippen molar-refractivity contribution in [1.82, 2.24) is 0 Å². The van der Waals surface area contributed by atoms with E-state index in [1.165, 1.54) is 4.90 Å². The molecule has 1 amide bonds. The number of hydrogen-bond acceptors (Lipinski definition) is 2. The second-order valence-electron chi connectivity index (χ2n) is 3.27. The molecule has 0 fully saturated rings. The summed E-state index contributed by atoms with van der Waals surface area (Å²) >= 11 is 0. The van der Waals surface area contributed by atoms with Gasteiger partial charge in [-0.3, -0.25) is 9.59 Å². The normalized spacial score (nSPS) is 14.9. The van der Waals surface area contributed by atoms with Gasteiger partial charge in [0, 0.05) is 6.54 Å². The van der Waals surface area contributed by atoms with Crippen LogP contribution in [0.5, 0.6) is 0 Å². The Morgan fingerprint density at radius 3 is 2.71 bits per heavy atom. The van der Waals surface area contributed by atoms with E-state index in [2.05, 4.69) is 0 Å². The summed E-state index contributed by atoms with van der Waals surface area (Å²) in [6, 6.07) is 5.32. The lowest BCUT2D eigenvalue weighted by molar-refractivity contribution is -0.114. The molecule has 2 rings (SSSR count). The molecule has 2 radical (unpaired) electrons. The first-order valence-corrected chi connectivity index (χ1v) is 4.32. The monoisotopic (exact) mass is 187 g/mol. The number of rotatable bonds is 1. The molecule has 3 nitrogen and oxygen atoms in total. The number of anilines is 1. The van der Waals surface area contributed by atoms with E-state index in [1.807, 2.05) is 13.0 Å². The summed E-state index contributed by atoms with van der Waals surface area (Å²) in [5.74, 6) is -0.998. The minimum atomic E-state index is -0.534. The first-order valence-electron chi connectivity index (χ1n) is 4.32. The standard InChI is InChI=1S/C11H9NO2/c1-3-12-9-5-4-7(2)6-8(9)10(13)11(12)14/h1,4-6H,3H2,2H3. The molecule has 1 heterocycles. The minimum absolute atomic E-state index is 0.0423. The highest BCUT2D eigenvalue weighted by Gasteiger charge is 2.34. The van der Waals surface area contributed by atoms with Gasteiger partial charge in [-0.1, -0.05) is 11.6 Å². The summed E-state index contributed by atoms with van der Waals surface area (Å²) in [4.78, 5) is 24.2. The fourth-order valence-electron chi connectivity index (χ4n) is 1.60. The quantitative estimate of drug-likeness (QED) is 0.620. The predicted octanol–water partition coefficient (Wildman–Crippen LogP) is 1.24.